The van der Waals surface area contributed by atoms with E-state index in [4.69, 9.17) is 4.74 Å². The number of benzene rings is 2. The van der Waals surface area contributed by atoms with E-state index in [9.17, 15) is 13.2 Å². The number of anilines is 1. The Hall–Kier alpha value is -4.25. The maximum atomic E-state index is 13.0. The van der Waals surface area contributed by atoms with Crippen molar-refractivity contribution in [3.05, 3.63) is 77.6 Å². The molecule has 208 valence electrons. The molecule has 10 nitrogen and oxygen atoms in total. The Morgan fingerprint density at radius 1 is 1.00 bits per heavy atom. The summed E-state index contributed by atoms with van der Waals surface area (Å²) >= 11 is 0. The molecule has 1 N–H and O–H groups in total. The zero-order valence-electron chi connectivity index (χ0n) is 22.8. The van der Waals surface area contributed by atoms with E-state index in [0.717, 1.165) is 48.2 Å². The Morgan fingerprint density at radius 3 is 2.35 bits per heavy atom. The number of hydrogen-bond acceptors (Lipinski definition) is 7. The number of aromatic nitrogens is 4. The third-order valence-corrected chi connectivity index (χ3v) is 8.15. The Balaban J connectivity index is 1.42. The third-order valence-electron chi connectivity index (χ3n) is 6.87. The van der Waals surface area contributed by atoms with Crippen LogP contribution in [0.3, 0.4) is 0 Å². The van der Waals surface area contributed by atoms with Crippen molar-refractivity contribution in [1.29, 1.82) is 0 Å². The van der Waals surface area contributed by atoms with E-state index >= 15 is 0 Å². The van der Waals surface area contributed by atoms with Crippen molar-refractivity contribution in [2.24, 2.45) is 7.05 Å². The number of nitrogens with one attached hydrogen (secondary N) is 1. The lowest BCUT2D eigenvalue weighted by atomic mass is 10.00. The first kappa shape index (κ1) is 27.3. The van der Waals surface area contributed by atoms with Gasteiger partial charge in [0, 0.05) is 38.0 Å². The maximum Gasteiger partial charge on any atom is 0.267 e. The number of piperidine rings is 1. The van der Waals surface area contributed by atoms with Gasteiger partial charge in [-0.2, -0.15) is 10.1 Å². The molecule has 1 amide bonds. The highest BCUT2D eigenvalue weighted by Gasteiger charge is 2.21. The number of aryl methyl sites for hydroxylation is 3. The van der Waals surface area contributed by atoms with Gasteiger partial charge in [0.25, 0.3) is 10.0 Å². The van der Waals surface area contributed by atoms with Crippen LogP contribution in [0.4, 0.5) is 5.95 Å². The Labute approximate surface area is 234 Å². The molecule has 0 aliphatic carbocycles. The number of hydrogen-bond donors (Lipinski definition) is 1. The van der Waals surface area contributed by atoms with Crippen molar-refractivity contribution in [3.63, 3.8) is 0 Å². The fourth-order valence-corrected chi connectivity index (χ4v) is 5.74. The normalized spacial score (nSPS) is 13.7. The summed E-state index contributed by atoms with van der Waals surface area (Å²) in [4.78, 5) is 23.4. The van der Waals surface area contributed by atoms with Crippen LogP contribution in [0.15, 0.2) is 65.8 Å². The van der Waals surface area contributed by atoms with Gasteiger partial charge in [-0.05, 0) is 61.9 Å². The minimum Gasteiger partial charge on any atom is -0.439 e. The van der Waals surface area contributed by atoms with Crippen LogP contribution in [0.1, 0.15) is 36.0 Å². The van der Waals surface area contributed by atoms with Crippen LogP contribution in [0.5, 0.6) is 11.6 Å². The van der Waals surface area contributed by atoms with Crippen molar-refractivity contribution >= 4 is 21.9 Å². The molecule has 5 rings (SSSR count). The molecular formula is C29H32N6O4S. The van der Waals surface area contributed by atoms with Crippen molar-refractivity contribution in [1.82, 2.24) is 24.6 Å². The second kappa shape index (κ2) is 11.5. The molecule has 0 saturated carbocycles. The van der Waals surface area contributed by atoms with Gasteiger partial charge in [-0.1, -0.05) is 30.3 Å². The highest BCUT2D eigenvalue weighted by Crippen LogP contribution is 2.31. The van der Waals surface area contributed by atoms with Crippen LogP contribution in [0.25, 0.3) is 11.3 Å². The van der Waals surface area contributed by atoms with Gasteiger partial charge in [0.05, 0.1) is 18.3 Å². The highest BCUT2D eigenvalue weighted by molar-refractivity contribution is 7.92. The minimum absolute atomic E-state index is 0.00627. The summed E-state index contributed by atoms with van der Waals surface area (Å²) in [6, 6.07) is 14.8. The van der Waals surface area contributed by atoms with E-state index in [0.29, 0.717) is 17.9 Å². The molecule has 11 heteroatoms. The number of carbonyl (C=O) groups excluding carboxylic acids is 1. The summed E-state index contributed by atoms with van der Waals surface area (Å²) in [5.74, 6) is 0.686. The molecule has 0 unspecified atom stereocenters. The molecule has 40 heavy (non-hydrogen) atoms. The Bertz CT molecular complexity index is 1610. The highest BCUT2D eigenvalue weighted by atomic mass is 32.2. The standard InChI is InChI=1S/C29H32N6O4S/c1-20-8-7-9-21(2)28(20)25-17-26(32-29(31-25)33-40(37,38)24-18-30-34(3)19-24)39-23-12-10-22(11-13-23)16-27(36)35-14-5-4-6-15-35/h7-13,17-19H,4-6,14-16H2,1-3H3,(H,31,32,33). The Kier molecular flexibility index (Phi) is 7.83. The van der Waals surface area contributed by atoms with Gasteiger partial charge in [-0.3, -0.25) is 9.48 Å². The van der Waals surface area contributed by atoms with E-state index in [2.05, 4.69) is 19.8 Å². The summed E-state index contributed by atoms with van der Waals surface area (Å²) in [6.45, 7) is 5.58. The summed E-state index contributed by atoms with van der Waals surface area (Å²) in [5.41, 5.74) is 4.24. The topological polar surface area (TPSA) is 119 Å². The molecule has 1 aliphatic heterocycles. The predicted octanol–water partition coefficient (Wildman–Crippen LogP) is 4.64. The average Bonchev–Trinajstić information content (AvgIpc) is 3.37. The lowest BCUT2D eigenvalue weighted by Crippen LogP contribution is -2.36. The Morgan fingerprint density at radius 2 is 1.70 bits per heavy atom. The van der Waals surface area contributed by atoms with Gasteiger partial charge >= 0.3 is 0 Å². The molecular weight excluding hydrogens is 528 g/mol. The number of sulfonamides is 1. The number of carbonyl (C=O) groups is 1. The monoisotopic (exact) mass is 560 g/mol. The third kappa shape index (κ3) is 6.31. The van der Waals surface area contributed by atoms with Crippen LogP contribution >= 0.6 is 0 Å². The van der Waals surface area contributed by atoms with Gasteiger partial charge in [-0.15, -0.1) is 0 Å². The smallest absolute Gasteiger partial charge is 0.267 e. The molecule has 0 radical (unpaired) electrons. The molecule has 0 bridgehead atoms. The first-order chi connectivity index (χ1) is 19.2. The second-order valence-corrected chi connectivity index (χ2v) is 11.7. The van der Waals surface area contributed by atoms with Crippen molar-refractivity contribution in [2.45, 2.75) is 44.4 Å². The van der Waals surface area contributed by atoms with Gasteiger partial charge in [0.15, 0.2) is 0 Å². The molecule has 1 aliphatic rings. The zero-order chi connectivity index (χ0) is 28.3. The predicted molar refractivity (Wildman–Crippen MR) is 152 cm³/mol. The summed E-state index contributed by atoms with van der Waals surface area (Å²) < 4.78 is 35.9. The molecule has 0 atom stereocenters. The molecule has 3 heterocycles. The van der Waals surface area contributed by atoms with Gasteiger partial charge in [0.1, 0.15) is 10.6 Å². The van der Waals surface area contributed by atoms with Crippen molar-refractivity contribution < 1.29 is 17.9 Å². The van der Waals surface area contributed by atoms with Crippen molar-refractivity contribution in [2.75, 3.05) is 17.8 Å². The SMILES string of the molecule is Cc1cccc(C)c1-c1cc(Oc2ccc(CC(=O)N3CCCCC3)cc2)nc(NS(=O)(=O)c2cnn(C)c2)n1. The van der Waals surface area contributed by atoms with Crippen LogP contribution in [-0.4, -0.2) is 52.1 Å². The van der Waals surface area contributed by atoms with Gasteiger partial charge < -0.3 is 9.64 Å². The second-order valence-electron chi connectivity index (χ2n) is 10.0. The van der Waals surface area contributed by atoms with Crippen LogP contribution in [0.2, 0.25) is 0 Å². The average molecular weight is 561 g/mol. The lowest BCUT2D eigenvalue weighted by Gasteiger charge is -2.26. The molecule has 0 spiro atoms. The summed E-state index contributed by atoms with van der Waals surface area (Å²) in [5, 5.41) is 3.95. The number of likely N-dealkylation sites (tertiary alicyclic amines) is 1. The molecule has 1 fully saturated rings. The van der Waals surface area contributed by atoms with Crippen LogP contribution in [0, 0.1) is 13.8 Å². The number of nitrogens with zero attached hydrogens (tertiary/aromatic N) is 5. The molecule has 4 aromatic rings. The van der Waals surface area contributed by atoms with E-state index < -0.39 is 10.0 Å². The van der Waals surface area contributed by atoms with E-state index in [-0.39, 0.29) is 22.6 Å². The van der Waals surface area contributed by atoms with E-state index in [1.165, 1.54) is 23.5 Å². The van der Waals surface area contributed by atoms with E-state index in [1.54, 1.807) is 25.2 Å². The van der Waals surface area contributed by atoms with Crippen LogP contribution < -0.4 is 9.46 Å². The fourth-order valence-electron chi connectivity index (χ4n) is 4.81. The minimum atomic E-state index is -3.98. The summed E-state index contributed by atoms with van der Waals surface area (Å²) in [7, 11) is -2.34. The lowest BCUT2D eigenvalue weighted by molar-refractivity contribution is -0.131. The molecule has 2 aromatic carbocycles. The fraction of sp³-hybridized carbons (Fsp3) is 0.310. The summed E-state index contributed by atoms with van der Waals surface area (Å²) in [6.07, 6.45) is 6.28. The molecule has 2 aromatic heterocycles. The van der Waals surface area contributed by atoms with Crippen molar-refractivity contribution in [3.8, 4) is 22.9 Å². The number of amides is 1. The van der Waals surface area contributed by atoms with Crippen LogP contribution in [-0.2, 0) is 28.3 Å². The number of ether oxygens (including phenoxy) is 1. The molecule has 1 saturated heterocycles. The first-order valence-electron chi connectivity index (χ1n) is 13.2. The zero-order valence-corrected chi connectivity index (χ0v) is 23.6. The van der Waals surface area contributed by atoms with E-state index in [1.807, 2.05) is 49.1 Å². The first-order valence-corrected chi connectivity index (χ1v) is 14.7. The van der Waals surface area contributed by atoms with Gasteiger partial charge in [-0.25, -0.2) is 18.1 Å². The maximum absolute atomic E-state index is 13.0. The largest absolute Gasteiger partial charge is 0.439 e. The quantitative estimate of drug-likeness (QED) is 0.333. The number of rotatable bonds is 8. The van der Waals surface area contributed by atoms with Gasteiger partial charge in [0.2, 0.25) is 17.7 Å².